The van der Waals surface area contributed by atoms with Crippen molar-refractivity contribution < 1.29 is 18.7 Å². The van der Waals surface area contributed by atoms with Crippen LogP contribution in [-0.4, -0.2) is 18.4 Å². The van der Waals surface area contributed by atoms with Gasteiger partial charge in [-0.05, 0) is 36.8 Å². The average Bonchev–Trinajstić information content (AvgIpc) is 2.54. The van der Waals surface area contributed by atoms with E-state index in [1.165, 1.54) is 25.1 Å². The first kappa shape index (κ1) is 17.5. The zero-order valence-electron chi connectivity index (χ0n) is 13.6. The average molecular weight is 330 g/mol. The van der Waals surface area contributed by atoms with Gasteiger partial charge in [0.2, 0.25) is 5.91 Å². The smallest absolute Gasteiger partial charge is 0.255 e. The third-order valence-corrected chi connectivity index (χ3v) is 3.20. The first-order valence-corrected chi connectivity index (χ1v) is 7.57. The summed E-state index contributed by atoms with van der Waals surface area (Å²) in [6.45, 7) is 3.66. The van der Waals surface area contributed by atoms with Crippen molar-refractivity contribution in [2.24, 2.45) is 0 Å². The van der Waals surface area contributed by atoms with Crippen LogP contribution in [0.2, 0.25) is 0 Å². The molecule has 0 atom stereocenters. The van der Waals surface area contributed by atoms with E-state index in [9.17, 15) is 14.0 Å². The largest absolute Gasteiger partial charge is 0.490 e. The van der Waals surface area contributed by atoms with E-state index in [4.69, 9.17) is 4.74 Å². The van der Waals surface area contributed by atoms with Gasteiger partial charge in [0.25, 0.3) is 5.91 Å². The van der Waals surface area contributed by atoms with E-state index in [0.29, 0.717) is 5.69 Å². The number of anilines is 1. The fraction of sp³-hybridized carbons (Fsp3) is 0.222. The van der Waals surface area contributed by atoms with Crippen molar-refractivity contribution in [1.82, 2.24) is 5.32 Å². The van der Waals surface area contributed by atoms with Crippen LogP contribution < -0.4 is 15.4 Å². The van der Waals surface area contributed by atoms with Gasteiger partial charge < -0.3 is 15.4 Å². The van der Waals surface area contributed by atoms with Gasteiger partial charge in [-0.25, -0.2) is 4.39 Å². The molecule has 2 N–H and O–H groups in total. The molecule has 0 radical (unpaired) electrons. The fourth-order valence-corrected chi connectivity index (χ4v) is 2.22. The first-order valence-electron chi connectivity index (χ1n) is 7.57. The Labute approximate surface area is 139 Å². The molecule has 126 valence electrons. The lowest BCUT2D eigenvalue weighted by Gasteiger charge is -2.12. The minimum absolute atomic E-state index is 0.0514. The number of para-hydroxylation sites is 1. The molecule has 0 heterocycles. The molecule has 2 rings (SSSR count). The van der Waals surface area contributed by atoms with Gasteiger partial charge in [0, 0.05) is 19.2 Å². The normalized spacial score (nSPS) is 10.1. The summed E-state index contributed by atoms with van der Waals surface area (Å²) in [6, 6.07) is 11.3. The minimum Gasteiger partial charge on any atom is -0.490 e. The highest BCUT2D eigenvalue weighted by Crippen LogP contribution is 2.22. The lowest BCUT2D eigenvalue weighted by Crippen LogP contribution is -2.24. The Bertz CT molecular complexity index is 747. The summed E-state index contributed by atoms with van der Waals surface area (Å²) in [4.78, 5) is 23.4. The van der Waals surface area contributed by atoms with Gasteiger partial charge in [-0.15, -0.1) is 0 Å². The van der Waals surface area contributed by atoms with E-state index in [0.717, 1.165) is 5.56 Å². The van der Waals surface area contributed by atoms with Gasteiger partial charge in [-0.1, -0.05) is 18.2 Å². The molecule has 0 saturated carbocycles. The predicted octanol–water partition coefficient (Wildman–Crippen LogP) is 3.11. The second kappa shape index (κ2) is 8.10. The molecule has 0 unspecified atom stereocenters. The van der Waals surface area contributed by atoms with Crippen molar-refractivity contribution >= 4 is 17.5 Å². The Morgan fingerprint density at radius 2 is 1.92 bits per heavy atom. The molecule has 0 spiro atoms. The number of rotatable bonds is 6. The standard InChI is InChI=1S/C18H19FN2O3/c1-3-24-17-15(8-5-9-16(17)19)18(23)20-11-13-6-4-7-14(10-13)21-12(2)22/h4-10H,3,11H2,1-2H3,(H,20,23)(H,21,22). The number of halogens is 1. The van der Waals surface area contributed by atoms with Crippen molar-refractivity contribution in [1.29, 1.82) is 0 Å². The molecule has 2 aromatic rings. The molecule has 0 bridgehead atoms. The molecular weight excluding hydrogens is 311 g/mol. The summed E-state index contributed by atoms with van der Waals surface area (Å²) in [6.07, 6.45) is 0. The topological polar surface area (TPSA) is 67.4 Å². The molecule has 2 amide bonds. The van der Waals surface area contributed by atoms with Crippen LogP contribution >= 0.6 is 0 Å². The molecule has 0 aliphatic heterocycles. The minimum atomic E-state index is -0.572. The molecular formula is C18H19FN2O3. The highest BCUT2D eigenvalue weighted by atomic mass is 19.1. The molecule has 2 aromatic carbocycles. The summed E-state index contributed by atoms with van der Waals surface area (Å²) in [7, 11) is 0. The van der Waals surface area contributed by atoms with Crippen LogP contribution in [0.5, 0.6) is 5.75 Å². The molecule has 24 heavy (non-hydrogen) atoms. The van der Waals surface area contributed by atoms with Crippen molar-refractivity contribution in [2.75, 3.05) is 11.9 Å². The molecule has 0 aliphatic rings. The van der Waals surface area contributed by atoms with Crippen molar-refractivity contribution in [3.05, 3.63) is 59.4 Å². The Morgan fingerprint density at radius 3 is 2.62 bits per heavy atom. The van der Waals surface area contributed by atoms with E-state index in [1.54, 1.807) is 25.1 Å². The first-order chi connectivity index (χ1) is 11.5. The zero-order valence-corrected chi connectivity index (χ0v) is 13.6. The van der Waals surface area contributed by atoms with Crippen LogP contribution in [0.1, 0.15) is 29.8 Å². The molecule has 0 aromatic heterocycles. The van der Waals surface area contributed by atoms with Crippen LogP contribution in [-0.2, 0) is 11.3 Å². The van der Waals surface area contributed by atoms with Gasteiger partial charge in [0.15, 0.2) is 11.6 Å². The summed E-state index contributed by atoms with van der Waals surface area (Å²) >= 11 is 0. The highest BCUT2D eigenvalue weighted by molar-refractivity contribution is 5.97. The summed E-state index contributed by atoms with van der Waals surface area (Å²) < 4.78 is 19.0. The van der Waals surface area contributed by atoms with E-state index < -0.39 is 11.7 Å². The maximum Gasteiger partial charge on any atom is 0.255 e. The van der Waals surface area contributed by atoms with Gasteiger partial charge in [0.1, 0.15) is 0 Å². The monoisotopic (exact) mass is 330 g/mol. The number of ether oxygens (including phenoxy) is 1. The van der Waals surface area contributed by atoms with E-state index in [-0.39, 0.29) is 30.4 Å². The SMILES string of the molecule is CCOc1c(F)cccc1C(=O)NCc1cccc(NC(C)=O)c1. The second-order valence-electron chi connectivity index (χ2n) is 5.11. The summed E-state index contributed by atoms with van der Waals surface area (Å²) in [5, 5.41) is 5.40. The molecule has 6 heteroatoms. The summed E-state index contributed by atoms with van der Waals surface area (Å²) in [5.74, 6) is -1.22. The maximum absolute atomic E-state index is 13.8. The molecule has 5 nitrogen and oxygen atoms in total. The van der Waals surface area contributed by atoms with E-state index in [1.807, 2.05) is 6.07 Å². The number of amides is 2. The van der Waals surface area contributed by atoms with Gasteiger partial charge in [0.05, 0.1) is 12.2 Å². The van der Waals surface area contributed by atoms with Gasteiger partial charge in [-0.2, -0.15) is 0 Å². The van der Waals surface area contributed by atoms with Crippen molar-refractivity contribution in [3.8, 4) is 5.75 Å². The third kappa shape index (κ3) is 4.55. The Hall–Kier alpha value is -2.89. The molecule has 0 fully saturated rings. The zero-order chi connectivity index (χ0) is 17.5. The van der Waals surface area contributed by atoms with Crippen molar-refractivity contribution in [3.63, 3.8) is 0 Å². The lowest BCUT2D eigenvalue weighted by molar-refractivity contribution is -0.114. The number of benzene rings is 2. The van der Waals surface area contributed by atoms with Crippen LogP contribution in [0.3, 0.4) is 0 Å². The molecule has 0 saturated heterocycles. The van der Waals surface area contributed by atoms with Gasteiger partial charge in [-0.3, -0.25) is 9.59 Å². The predicted molar refractivity (Wildman–Crippen MR) is 89.5 cm³/mol. The fourth-order valence-electron chi connectivity index (χ4n) is 2.22. The number of nitrogens with one attached hydrogen (secondary N) is 2. The van der Waals surface area contributed by atoms with Crippen LogP contribution in [0.4, 0.5) is 10.1 Å². The number of carbonyl (C=O) groups excluding carboxylic acids is 2. The lowest BCUT2D eigenvalue weighted by atomic mass is 10.1. The van der Waals surface area contributed by atoms with Crippen LogP contribution in [0.15, 0.2) is 42.5 Å². The summed E-state index contributed by atoms with van der Waals surface area (Å²) in [5.41, 5.74) is 1.61. The van der Waals surface area contributed by atoms with E-state index in [2.05, 4.69) is 10.6 Å². The second-order valence-corrected chi connectivity index (χ2v) is 5.11. The van der Waals surface area contributed by atoms with Gasteiger partial charge >= 0.3 is 0 Å². The van der Waals surface area contributed by atoms with Crippen LogP contribution in [0.25, 0.3) is 0 Å². The number of hydrogen-bond donors (Lipinski definition) is 2. The number of carbonyl (C=O) groups is 2. The Balaban J connectivity index is 2.09. The van der Waals surface area contributed by atoms with E-state index >= 15 is 0 Å². The van der Waals surface area contributed by atoms with Crippen molar-refractivity contribution in [2.45, 2.75) is 20.4 Å². The maximum atomic E-state index is 13.8. The molecule has 0 aliphatic carbocycles. The third-order valence-electron chi connectivity index (χ3n) is 3.20. The Kier molecular flexibility index (Phi) is 5.89. The Morgan fingerprint density at radius 1 is 1.17 bits per heavy atom. The number of hydrogen-bond acceptors (Lipinski definition) is 3. The highest BCUT2D eigenvalue weighted by Gasteiger charge is 2.16. The van der Waals surface area contributed by atoms with Crippen LogP contribution in [0, 0.1) is 5.82 Å². The quantitative estimate of drug-likeness (QED) is 0.855.